The first-order valence-electron chi connectivity index (χ1n) is 9.81. The fourth-order valence-corrected chi connectivity index (χ4v) is 4.86. The van der Waals surface area contributed by atoms with Crippen molar-refractivity contribution in [3.05, 3.63) is 65.7 Å². The molecule has 1 heterocycles. The van der Waals surface area contributed by atoms with Crippen molar-refractivity contribution in [2.45, 2.75) is 31.1 Å². The fourth-order valence-electron chi connectivity index (χ4n) is 3.44. The highest BCUT2D eigenvalue weighted by Crippen LogP contribution is 2.19. The molecule has 1 aliphatic rings. The zero-order valence-electron chi connectivity index (χ0n) is 16.6. The number of aryl methyl sites for hydroxylation is 1. The number of amides is 1. The molecule has 6 nitrogen and oxygen atoms in total. The van der Waals surface area contributed by atoms with E-state index in [-0.39, 0.29) is 29.7 Å². The summed E-state index contributed by atoms with van der Waals surface area (Å²) in [6.45, 7) is 2.80. The van der Waals surface area contributed by atoms with Gasteiger partial charge in [0.05, 0.1) is 4.90 Å². The molecule has 2 aromatic carbocycles. The molecule has 0 aromatic heterocycles. The third kappa shape index (κ3) is 5.31. The van der Waals surface area contributed by atoms with Crippen molar-refractivity contribution in [2.75, 3.05) is 26.2 Å². The number of carbonyl (C=O) groups excluding carboxylic acids is 2. The van der Waals surface area contributed by atoms with E-state index in [4.69, 9.17) is 0 Å². The average molecular weight is 415 g/mol. The Bertz CT molecular complexity index is 948. The van der Waals surface area contributed by atoms with Crippen LogP contribution in [0.15, 0.2) is 59.5 Å². The second-order valence-electron chi connectivity index (χ2n) is 7.20. The fraction of sp³-hybridized carbons (Fsp3) is 0.364. The van der Waals surface area contributed by atoms with E-state index in [0.29, 0.717) is 25.1 Å². The molecule has 1 saturated heterocycles. The number of rotatable bonds is 7. The number of sulfonamides is 1. The van der Waals surface area contributed by atoms with Crippen LogP contribution in [0.3, 0.4) is 0 Å². The predicted molar refractivity (Wildman–Crippen MR) is 111 cm³/mol. The molecule has 0 radical (unpaired) electrons. The number of carbonyl (C=O) groups is 2. The van der Waals surface area contributed by atoms with Gasteiger partial charge >= 0.3 is 0 Å². The van der Waals surface area contributed by atoms with Gasteiger partial charge < -0.3 is 4.90 Å². The monoisotopic (exact) mass is 414 g/mol. The molecule has 29 heavy (non-hydrogen) atoms. The molecular formula is C22H26N2O4S. The van der Waals surface area contributed by atoms with Crippen LogP contribution in [0.5, 0.6) is 0 Å². The smallest absolute Gasteiger partial charge is 0.243 e. The van der Waals surface area contributed by atoms with E-state index in [1.807, 2.05) is 18.2 Å². The van der Waals surface area contributed by atoms with Crippen LogP contribution < -0.4 is 0 Å². The van der Waals surface area contributed by atoms with Gasteiger partial charge in [-0.25, -0.2) is 8.42 Å². The van der Waals surface area contributed by atoms with E-state index < -0.39 is 10.0 Å². The van der Waals surface area contributed by atoms with E-state index >= 15 is 0 Å². The quantitative estimate of drug-likeness (QED) is 0.653. The molecule has 0 N–H and O–H groups in total. The van der Waals surface area contributed by atoms with Gasteiger partial charge in [-0.05, 0) is 37.5 Å². The number of nitrogens with zero attached hydrogens (tertiary/aromatic N) is 2. The lowest BCUT2D eigenvalue weighted by atomic mass is 10.1. The van der Waals surface area contributed by atoms with Crippen LogP contribution in [0, 0.1) is 0 Å². The number of benzene rings is 2. The number of Topliss-reactive ketones (excluding diaryl/α,β-unsaturated/α-hetero) is 1. The van der Waals surface area contributed by atoms with Crippen molar-refractivity contribution in [1.82, 2.24) is 9.21 Å². The maximum atomic E-state index is 12.8. The lowest BCUT2D eigenvalue weighted by Gasteiger charge is -2.34. The highest BCUT2D eigenvalue weighted by molar-refractivity contribution is 7.89. The number of piperazine rings is 1. The van der Waals surface area contributed by atoms with Crippen LogP contribution in [0.2, 0.25) is 0 Å². The van der Waals surface area contributed by atoms with Crippen LogP contribution in [-0.2, 0) is 21.2 Å². The van der Waals surface area contributed by atoms with Gasteiger partial charge in [0, 0.05) is 38.2 Å². The number of hydrogen-bond donors (Lipinski definition) is 0. The molecule has 1 fully saturated rings. The van der Waals surface area contributed by atoms with Gasteiger partial charge in [-0.1, -0.05) is 42.5 Å². The summed E-state index contributed by atoms with van der Waals surface area (Å²) in [5.74, 6) is -0.0304. The summed E-state index contributed by atoms with van der Waals surface area (Å²) in [5, 5.41) is 0. The van der Waals surface area contributed by atoms with Crippen LogP contribution in [-0.4, -0.2) is 55.5 Å². The summed E-state index contributed by atoms with van der Waals surface area (Å²) in [7, 11) is -3.62. The minimum absolute atomic E-state index is 0.0730. The Hall–Kier alpha value is -2.51. The molecule has 3 rings (SSSR count). The minimum atomic E-state index is -3.62. The summed E-state index contributed by atoms with van der Waals surface area (Å²) in [6, 6.07) is 16.0. The summed E-state index contributed by atoms with van der Waals surface area (Å²) in [5.41, 5.74) is 1.70. The van der Waals surface area contributed by atoms with Gasteiger partial charge in [0.2, 0.25) is 15.9 Å². The van der Waals surface area contributed by atoms with Gasteiger partial charge in [0.15, 0.2) is 5.78 Å². The summed E-state index contributed by atoms with van der Waals surface area (Å²) < 4.78 is 27.0. The van der Waals surface area contributed by atoms with E-state index in [9.17, 15) is 18.0 Å². The van der Waals surface area contributed by atoms with Gasteiger partial charge in [-0.3, -0.25) is 9.59 Å². The molecule has 0 saturated carbocycles. The van der Waals surface area contributed by atoms with Crippen molar-refractivity contribution in [1.29, 1.82) is 0 Å². The molecule has 2 aromatic rings. The third-order valence-electron chi connectivity index (χ3n) is 5.19. The number of ketones is 1. The number of hydrogen-bond acceptors (Lipinski definition) is 4. The summed E-state index contributed by atoms with van der Waals surface area (Å²) in [6.07, 6.45) is 2.11. The van der Waals surface area contributed by atoms with Crippen molar-refractivity contribution in [3.63, 3.8) is 0 Å². The van der Waals surface area contributed by atoms with E-state index in [0.717, 1.165) is 12.8 Å². The lowest BCUT2D eigenvalue weighted by molar-refractivity contribution is -0.132. The zero-order chi connectivity index (χ0) is 20.9. The Labute approximate surface area is 172 Å². The minimum Gasteiger partial charge on any atom is -0.340 e. The van der Waals surface area contributed by atoms with Crippen LogP contribution in [0.4, 0.5) is 0 Å². The van der Waals surface area contributed by atoms with Crippen LogP contribution in [0.25, 0.3) is 0 Å². The van der Waals surface area contributed by atoms with E-state index in [1.165, 1.54) is 41.1 Å². The third-order valence-corrected chi connectivity index (χ3v) is 7.10. The molecule has 0 bridgehead atoms. The van der Waals surface area contributed by atoms with Crippen molar-refractivity contribution >= 4 is 21.7 Å². The van der Waals surface area contributed by atoms with Gasteiger partial charge in [-0.2, -0.15) is 4.31 Å². The maximum absolute atomic E-state index is 12.8. The summed E-state index contributed by atoms with van der Waals surface area (Å²) in [4.78, 5) is 25.7. The van der Waals surface area contributed by atoms with Gasteiger partial charge in [0.1, 0.15) is 0 Å². The molecular weight excluding hydrogens is 388 g/mol. The molecule has 1 amide bonds. The van der Waals surface area contributed by atoms with Crippen LogP contribution in [0.1, 0.15) is 35.7 Å². The van der Waals surface area contributed by atoms with Crippen molar-refractivity contribution in [3.8, 4) is 0 Å². The van der Waals surface area contributed by atoms with E-state index in [2.05, 4.69) is 12.1 Å². The highest BCUT2D eigenvalue weighted by Gasteiger charge is 2.29. The lowest BCUT2D eigenvalue weighted by Crippen LogP contribution is -2.50. The van der Waals surface area contributed by atoms with E-state index in [1.54, 1.807) is 4.90 Å². The SMILES string of the molecule is CC(=O)c1ccc(S(=O)(=O)N2CCN(C(=O)CCCc3ccccc3)CC2)cc1. The molecule has 1 aliphatic heterocycles. The highest BCUT2D eigenvalue weighted by atomic mass is 32.2. The normalized spacial score (nSPS) is 15.3. The van der Waals surface area contributed by atoms with Crippen molar-refractivity contribution in [2.24, 2.45) is 0 Å². The second kappa shape index (κ2) is 9.33. The molecule has 0 spiro atoms. The summed E-state index contributed by atoms with van der Waals surface area (Å²) >= 11 is 0. The Morgan fingerprint density at radius 2 is 1.52 bits per heavy atom. The van der Waals surface area contributed by atoms with Gasteiger partial charge in [-0.15, -0.1) is 0 Å². The van der Waals surface area contributed by atoms with Gasteiger partial charge in [0.25, 0.3) is 0 Å². The Balaban J connectivity index is 1.51. The second-order valence-corrected chi connectivity index (χ2v) is 9.14. The molecule has 154 valence electrons. The molecule has 0 aliphatic carbocycles. The first-order valence-corrected chi connectivity index (χ1v) is 11.2. The van der Waals surface area contributed by atoms with Crippen LogP contribution >= 0.6 is 0 Å². The first-order chi connectivity index (χ1) is 13.9. The molecule has 0 atom stereocenters. The largest absolute Gasteiger partial charge is 0.340 e. The molecule has 7 heteroatoms. The standard InChI is InChI=1S/C22H26N2O4S/c1-18(25)20-10-12-21(13-11-20)29(27,28)24-16-14-23(15-17-24)22(26)9-5-8-19-6-3-2-4-7-19/h2-4,6-7,10-13H,5,8-9,14-17H2,1H3. The predicted octanol–water partition coefficient (Wildman–Crippen LogP) is 2.75. The zero-order valence-corrected chi connectivity index (χ0v) is 17.4. The Kier molecular flexibility index (Phi) is 6.82. The average Bonchev–Trinajstić information content (AvgIpc) is 2.74. The van der Waals surface area contributed by atoms with Crippen molar-refractivity contribution < 1.29 is 18.0 Å². The molecule has 0 unspecified atom stereocenters. The topological polar surface area (TPSA) is 74.8 Å². The maximum Gasteiger partial charge on any atom is 0.243 e. The Morgan fingerprint density at radius 3 is 2.10 bits per heavy atom. The first kappa shape index (κ1) is 21.2. The Morgan fingerprint density at radius 1 is 0.897 bits per heavy atom.